The molecule has 3 aliphatic rings. The number of Topliss-reactive ketones (excluding diaryl/α,β-unsaturated/α-hetero) is 1. The van der Waals surface area contributed by atoms with E-state index >= 15 is 0 Å². The molecule has 0 bridgehead atoms. The Morgan fingerprint density at radius 2 is 1.93 bits per heavy atom. The number of aliphatic hydroxyl groups excluding tert-OH is 1. The number of hydrogen-bond donors (Lipinski definition) is 2. The highest BCUT2D eigenvalue weighted by molar-refractivity contribution is 5.87. The Morgan fingerprint density at radius 3 is 2.57 bits per heavy atom. The molecule has 0 aromatic rings. The summed E-state index contributed by atoms with van der Waals surface area (Å²) in [4.78, 5) is 23.4. The summed E-state index contributed by atoms with van der Waals surface area (Å²) in [5.41, 5.74) is 1.14. The largest absolute Gasteiger partial charge is 0.481 e. The summed E-state index contributed by atoms with van der Waals surface area (Å²) in [5.74, 6) is 1.33. The fraction of sp³-hybridized carbons (Fsp3) is 0.833. The molecule has 0 spiro atoms. The third-order valence-electron chi connectivity index (χ3n) is 8.76. The Kier molecular flexibility index (Phi) is 6.10. The standard InChI is InChI=1S/C24H38O4/c1-5-15(7-6-8-22(27)28)13-19-20(25)14-16-17(23(19,2)3)11-12-24(4)18(16)9-10-21(24)26/h7,16-20,25H,5-6,8-14H2,1-4H3,(H,27,28)/b15-7+/t16?,17?,18?,19?,20-,24-/m0/s1. The first-order chi connectivity index (χ1) is 13.1. The zero-order valence-corrected chi connectivity index (χ0v) is 18.0. The van der Waals surface area contributed by atoms with Gasteiger partial charge < -0.3 is 10.2 Å². The summed E-state index contributed by atoms with van der Waals surface area (Å²) in [5, 5.41) is 20.1. The average Bonchev–Trinajstić information content (AvgIpc) is 2.92. The highest BCUT2D eigenvalue weighted by atomic mass is 16.4. The molecule has 3 fully saturated rings. The molecule has 2 N–H and O–H groups in total. The minimum atomic E-state index is -0.760. The van der Waals surface area contributed by atoms with Crippen LogP contribution in [0, 0.1) is 34.5 Å². The van der Waals surface area contributed by atoms with Crippen LogP contribution in [0.3, 0.4) is 0 Å². The van der Waals surface area contributed by atoms with Crippen molar-refractivity contribution in [2.24, 2.45) is 34.5 Å². The maximum atomic E-state index is 12.5. The Balaban J connectivity index is 1.78. The molecule has 0 aromatic heterocycles. The van der Waals surface area contributed by atoms with E-state index in [4.69, 9.17) is 5.11 Å². The summed E-state index contributed by atoms with van der Waals surface area (Å²) < 4.78 is 0. The van der Waals surface area contributed by atoms with E-state index in [-0.39, 0.29) is 29.3 Å². The van der Waals surface area contributed by atoms with Gasteiger partial charge in [0.1, 0.15) is 5.78 Å². The lowest BCUT2D eigenvalue weighted by molar-refractivity contribution is -0.146. The predicted octanol–water partition coefficient (Wildman–Crippen LogP) is 5.00. The first-order valence-corrected chi connectivity index (χ1v) is 11.2. The third kappa shape index (κ3) is 3.69. The van der Waals surface area contributed by atoms with Crippen LogP contribution in [0.2, 0.25) is 0 Å². The zero-order chi connectivity index (χ0) is 20.7. The lowest BCUT2D eigenvalue weighted by Gasteiger charge is -2.58. The minimum Gasteiger partial charge on any atom is -0.481 e. The van der Waals surface area contributed by atoms with E-state index in [1.165, 1.54) is 5.57 Å². The summed E-state index contributed by atoms with van der Waals surface area (Å²) in [6.45, 7) is 8.94. The second kappa shape index (κ2) is 7.93. The number of carbonyl (C=O) groups is 2. The van der Waals surface area contributed by atoms with Crippen molar-refractivity contribution < 1.29 is 19.8 Å². The van der Waals surface area contributed by atoms with Crippen molar-refractivity contribution in [3.05, 3.63) is 11.6 Å². The molecule has 0 amide bonds. The number of carboxylic acids is 1. The number of rotatable bonds is 6. The number of carboxylic acid groups (broad SMARTS) is 1. The smallest absolute Gasteiger partial charge is 0.303 e. The topological polar surface area (TPSA) is 74.6 Å². The first kappa shape index (κ1) is 21.5. The summed E-state index contributed by atoms with van der Waals surface area (Å²) in [6.07, 6.45) is 8.85. The van der Waals surface area contributed by atoms with Crippen molar-refractivity contribution in [1.82, 2.24) is 0 Å². The SMILES string of the molecule is CC/C(=C\CCC(=O)O)CC1[C@@H](O)CC2C(CC[C@]3(C)C(=O)CCC23)C1(C)C. The van der Waals surface area contributed by atoms with Gasteiger partial charge in [0.2, 0.25) is 0 Å². The molecule has 3 rings (SSSR count). The predicted molar refractivity (Wildman–Crippen MR) is 110 cm³/mol. The van der Waals surface area contributed by atoms with Crippen LogP contribution >= 0.6 is 0 Å². The van der Waals surface area contributed by atoms with E-state index < -0.39 is 5.97 Å². The molecule has 3 aliphatic carbocycles. The monoisotopic (exact) mass is 390 g/mol. The number of aliphatic carboxylic acids is 1. The first-order valence-electron chi connectivity index (χ1n) is 11.2. The van der Waals surface area contributed by atoms with E-state index in [1.807, 2.05) is 0 Å². The molecule has 0 heterocycles. The quantitative estimate of drug-likeness (QED) is 0.626. The molecule has 0 aromatic carbocycles. The van der Waals surface area contributed by atoms with Gasteiger partial charge in [0.05, 0.1) is 6.10 Å². The second-order valence-corrected chi connectivity index (χ2v) is 10.4. The highest BCUT2D eigenvalue weighted by Crippen LogP contribution is 2.63. The molecule has 4 unspecified atom stereocenters. The number of ketones is 1. The van der Waals surface area contributed by atoms with Crippen LogP contribution < -0.4 is 0 Å². The number of aliphatic hydroxyl groups is 1. The second-order valence-electron chi connectivity index (χ2n) is 10.4. The number of fused-ring (bicyclic) bond motifs is 3. The van der Waals surface area contributed by atoms with Crippen molar-refractivity contribution >= 4 is 11.8 Å². The van der Waals surface area contributed by atoms with Gasteiger partial charge in [-0.1, -0.05) is 39.3 Å². The van der Waals surface area contributed by atoms with Gasteiger partial charge >= 0.3 is 5.97 Å². The molecule has 4 heteroatoms. The molecule has 0 aliphatic heterocycles. The van der Waals surface area contributed by atoms with E-state index in [2.05, 4.69) is 33.8 Å². The Morgan fingerprint density at radius 1 is 1.21 bits per heavy atom. The van der Waals surface area contributed by atoms with Crippen LogP contribution in [0.5, 0.6) is 0 Å². The zero-order valence-electron chi connectivity index (χ0n) is 18.0. The van der Waals surface area contributed by atoms with Gasteiger partial charge in [-0.25, -0.2) is 0 Å². The van der Waals surface area contributed by atoms with E-state index in [1.54, 1.807) is 0 Å². The van der Waals surface area contributed by atoms with Gasteiger partial charge in [0, 0.05) is 18.3 Å². The van der Waals surface area contributed by atoms with Crippen LogP contribution in [0.4, 0.5) is 0 Å². The minimum absolute atomic E-state index is 0.0242. The summed E-state index contributed by atoms with van der Waals surface area (Å²) >= 11 is 0. The van der Waals surface area contributed by atoms with Gasteiger partial charge in [-0.05, 0) is 74.0 Å². The van der Waals surface area contributed by atoms with Gasteiger partial charge in [-0.2, -0.15) is 0 Å². The Bertz CT molecular complexity index is 649. The van der Waals surface area contributed by atoms with Crippen LogP contribution in [-0.4, -0.2) is 28.1 Å². The van der Waals surface area contributed by atoms with Crippen molar-refractivity contribution in [3.63, 3.8) is 0 Å². The highest BCUT2D eigenvalue weighted by Gasteiger charge is 2.60. The molecule has 0 saturated heterocycles. The van der Waals surface area contributed by atoms with Crippen molar-refractivity contribution in [2.45, 2.75) is 91.6 Å². The van der Waals surface area contributed by atoms with Crippen LogP contribution in [0.1, 0.15) is 85.5 Å². The Labute approximate surface area is 169 Å². The molecule has 0 radical (unpaired) electrons. The lowest BCUT2D eigenvalue weighted by Crippen LogP contribution is -2.55. The van der Waals surface area contributed by atoms with Crippen molar-refractivity contribution in [1.29, 1.82) is 0 Å². The van der Waals surface area contributed by atoms with Gasteiger partial charge in [-0.15, -0.1) is 0 Å². The van der Waals surface area contributed by atoms with Crippen LogP contribution in [-0.2, 0) is 9.59 Å². The molecular formula is C24H38O4. The average molecular weight is 391 g/mol. The molecule has 3 saturated carbocycles. The van der Waals surface area contributed by atoms with E-state index in [0.717, 1.165) is 44.9 Å². The maximum Gasteiger partial charge on any atom is 0.303 e. The lowest BCUT2D eigenvalue weighted by atomic mass is 9.47. The number of allylic oxidation sites excluding steroid dienone is 2. The van der Waals surface area contributed by atoms with Crippen molar-refractivity contribution in [2.75, 3.05) is 0 Å². The third-order valence-corrected chi connectivity index (χ3v) is 8.76. The van der Waals surface area contributed by atoms with Crippen LogP contribution in [0.15, 0.2) is 11.6 Å². The van der Waals surface area contributed by atoms with Gasteiger partial charge in [0.25, 0.3) is 0 Å². The summed E-state index contributed by atoms with van der Waals surface area (Å²) in [7, 11) is 0. The fourth-order valence-electron chi connectivity index (χ4n) is 6.98. The number of hydrogen-bond acceptors (Lipinski definition) is 3. The molecule has 6 atom stereocenters. The van der Waals surface area contributed by atoms with E-state index in [9.17, 15) is 14.7 Å². The fourth-order valence-corrected chi connectivity index (χ4v) is 6.98. The summed E-state index contributed by atoms with van der Waals surface area (Å²) in [6, 6.07) is 0. The van der Waals surface area contributed by atoms with Crippen molar-refractivity contribution in [3.8, 4) is 0 Å². The molecule has 158 valence electrons. The van der Waals surface area contributed by atoms with Gasteiger partial charge in [0.15, 0.2) is 0 Å². The van der Waals surface area contributed by atoms with Crippen LogP contribution in [0.25, 0.3) is 0 Å². The normalized spacial score (nSPS) is 40.1. The Hall–Kier alpha value is -1.16. The van der Waals surface area contributed by atoms with Gasteiger partial charge in [-0.3, -0.25) is 9.59 Å². The maximum absolute atomic E-state index is 12.5. The molecule has 4 nitrogen and oxygen atoms in total. The number of carbonyl (C=O) groups excluding carboxylic acids is 1. The molecule has 28 heavy (non-hydrogen) atoms. The molecular weight excluding hydrogens is 352 g/mol. The van der Waals surface area contributed by atoms with E-state index in [0.29, 0.717) is 30.0 Å².